The molecule has 0 unspecified atom stereocenters. The Morgan fingerprint density at radius 3 is 2.43 bits per heavy atom. The van der Waals surface area contributed by atoms with E-state index in [1.807, 2.05) is 0 Å². The maximum atomic E-state index is 12.2. The number of nitrogens with zero attached hydrogens (tertiary/aromatic N) is 2. The Hall–Kier alpha value is -0.660. The summed E-state index contributed by atoms with van der Waals surface area (Å²) in [6, 6.07) is 0.468. The van der Waals surface area contributed by atoms with Gasteiger partial charge in [0, 0.05) is 31.6 Å². The van der Waals surface area contributed by atoms with Crippen LogP contribution in [0, 0.1) is 5.92 Å². The van der Waals surface area contributed by atoms with Gasteiger partial charge in [0.15, 0.2) is 0 Å². The van der Waals surface area contributed by atoms with Crippen molar-refractivity contribution in [1.29, 1.82) is 0 Å². The summed E-state index contributed by atoms with van der Waals surface area (Å²) >= 11 is 0. The van der Waals surface area contributed by atoms with Crippen LogP contribution < -0.4 is 5.32 Å². The van der Waals surface area contributed by atoms with Crippen molar-refractivity contribution >= 4 is 15.9 Å². The van der Waals surface area contributed by atoms with Crippen LogP contribution in [-0.4, -0.2) is 68.6 Å². The van der Waals surface area contributed by atoms with Crippen molar-refractivity contribution in [2.45, 2.75) is 38.6 Å². The van der Waals surface area contributed by atoms with Crippen LogP contribution in [0.15, 0.2) is 0 Å². The minimum atomic E-state index is -3.12. The molecule has 0 spiro atoms. The van der Waals surface area contributed by atoms with E-state index in [-0.39, 0.29) is 11.8 Å². The van der Waals surface area contributed by atoms with Gasteiger partial charge in [-0.05, 0) is 38.8 Å². The Labute approximate surface area is 127 Å². The van der Waals surface area contributed by atoms with Crippen LogP contribution in [-0.2, 0) is 14.8 Å². The van der Waals surface area contributed by atoms with Crippen LogP contribution in [0.4, 0.5) is 0 Å². The molecular formula is C14H27N3O3S. The van der Waals surface area contributed by atoms with E-state index in [2.05, 4.69) is 17.1 Å². The van der Waals surface area contributed by atoms with Crippen molar-refractivity contribution < 1.29 is 13.2 Å². The monoisotopic (exact) mass is 317 g/mol. The SMILES string of the molecule is CCN1CCC[C@H]1CNC(=O)C1CCN(S(C)(=O)=O)CC1. The maximum absolute atomic E-state index is 12.2. The van der Waals surface area contributed by atoms with Crippen molar-refractivity contribution in [1.82, 2.24) is 14.5 Å². The number of rotatable bonds is 5. The van der Waals surface area contributed by atoms with Crippen LogP contribution in [0.1, 0.15) is 32.6 Å². The first-order valence-corrected chi connectivity index (χ1v) is 9.73. The lowest BCUT2D eigenvalue weighted by atomic mass is 9.97. The molecule has 0 aromatic rings. The van der Waals surface area contributed by atoms with E-state index < -0.39 is 10.0 Å². The highest BCUT2D eigenvalue weighted by Gasteiger charge is 2.30. The molecule has 0 aromatic carbocycles. The van der Waals surface area contributed by atoms with E-state index in [9.17, 15) is 13.2 Å². The summed E-state index contributed by atoms with van der Waals surface area (Å²) in [7, 11) is -3.12. The van der Waals surface area contributed by atoms with Crippen LogP contribution in [0.5, 0.6) is 0 Å². The average molecular weight is 317 g/mol. The van der Waals surface area contributed by atoms with Gasteiger partial charge in [-0.3, -0.25) is 9.69 Å². The van der Waals surface area contributed by atoms with Gasteiger partial charge in [0.25, 0.3) is 0 Å². The van der Waals surface area contributed by atoms with Gasteiger partial charge in [-0.15, -0.1) is 0 Å². The number of nitrogens with one attached hydrogen (secondary N) is 1. The molecule has 1 amide bonds. The molecule has 0 aromatic heterocycles. The summed E-state index contributed by atoms with van der Waals surface area (Å²) in [6.07, 6.45) is 4.84. The fourth-order valence-corrected chi connectivity index (χ4v) is 4.23. The zero-order chi connectivity index (χ0) is 15.5. The summed E-state index contributed by atoms with van der Waals surface area (Å²) < 4.78 is 24.4. The quantitative estimate of drug-likeness (QED) is 0.789. The van der Waals surface area contributed by atoms with Gasteiger partial charge in [0.2, 0.25) is 15.9 Å². The molecule has 7 heteroatoms. The highest BCUT2D eigenvalue weighted by Crippen LogP contribution is 2.20. The molecule has 2 aliphatic heterocycles. The minimum absolute atomic E-state index is 0.0421. The molecule has 2 aliphatic rings. The molecular weight excluding hydrogens is 290 g/mol. The number of likely N-dealkylation sites (N-methyl/N-ethyl adjacent to an activating group) is 1. The molecule has 2 fully saturated rings. The third kappa shape index (κ3) is 4.40. The summed E-state index contributed by atoms with van der Waals surface area (Å²) in [5.74, 6) is 0.0468. The summed E-state index contributed by atoms with van der Waals surface area (Å²) in [6.45, 7) is 5.96. The molecule has 1 N–H and O–H groups in total. The second-order valence-electron chi connectivity index (χ2n) is 6.11. The maximum Gasteiger partial charge on any atom is 0.223 e. The molecule has 2 heterocycles. The second-order valence-corrected chi connectivity index (χ2v) is 8.09. The standard InChI is InChI=1S/C14H27N3O3S/c1-3-16-8-4-5-13(16)11-15-14(18)12-6-9-17(10-7-12)21(2,19)20/h12-13H,3-11H2,1-2H3,(H,15,18)/t13-/m0/s1. The summed E-state index contributed by atoms with van der Waals surface area (Å²) in [5.41, 5.74) is 0. The Morgan fingerprint density at radius 1 is 1.19 bits per heavy atom. The van der Waals surface area contributed by atoms with Gasteiger partial charge in [-0.2, -0.15) is 0 Å². The number of hydrogen-bond acceptors (Lipinski definition) is 4. The van der Waals surface area contributed by atoms with Crippen LogP contribution in [0.25, 0.3) is 0 Å². The Balaban J connectivity index is 1.75. The van der Waals surface area contributed by atoms with Gasteiger partial charge >= 0.3 is 0 Å². The molecule has 6 nitrogen and oxygen atoms in total. The predicted molar refractivity (Wildman–Crippen MR) is 82.4 cm³/mol. The number of hydrogen-bond donors (Lipinski definition) is 1. The molecule has 2 rings (SSSR count). The second kappa shape index (κ2) is 7.07. The largest absolute Gasteiger partial charge is 0.354 e. The fraction of sp³-hybridized carbons (Fsp3) is 0.929. The lowest BCUT2D eigenvalue weighted by Gasteiger charge is -2.30. The molecule has 2 saturated heterocycles. The highest BCUT2D eigenvalue weighted by molar-refractivity contribution is 7.88. The van der Waals surface area contributed by atoms with E-state index >= 15 is 0 Å². The van der Waals surface area contributed by atoms with Gasteiger partial charge < -0.3 is 5.32 Å². The number of carbonyl (C=O) groups is 1. The van der Waals surface area contributed by atoms with Crippen molar-refractivity contribution in [3.8, 4) is 0 Å². The van der Waals surface area contributed by atoms with Crippen molar-refractivity contribution in [2.24, 2.45) is 5.92 Å². The van der Waals surface area contributed by atoms with Crippen LogP contribution in [0.3, 0.4) is 0 Å². The Kier molecular flexibility index (Phi) is 5.62. The van der Waals surface area contributed by atoms with E-state index in [4.69, 9.17) is 0 Å². The van der Waals surface area contributed by atoms with E-state index in [1.54, 1.807) is 0 Å². The molecule has 0 saturated carbocycles. The summed E-state index contributed by atoms with van der Waals surface area (Å²) in [5, 5.41) is 3.06. The lowest BCUT2D eigenvalue weighted by molar-refractivity contribution is -0.126. The normalized spacial score (nSPS) is 26.1. The van der Waals surface area contributed by atoms with E-state index in [0.29, 0.717) is 32.0 Å². The molecule has 21 heavy (non-hydrogen) atoms. The first-order chi connectivity index (χ1) is 9.91. The summed E-state index contributed by atoms with van der Waals surface area (Å²) in [4.78, 5) is 14.6. The predicted octanol–water partition coefficient (Wildman–Crippen LogP) is 0.259. The first-order valence-electron chi connectivity index (χ1n) is 7.88. The van der Waals surface area contributed by atoms with Crippen molar-refractivity contribution in [3.63, 3.8) is 0 Å². The van der Waals surface area contributed by atoms with Crippen molar-refractivity contribution in [3.05, 3.63) is 0 Å². The third-order valence-electron chi connectivity index (χ3n) is 4.71. The lowest BCUT2D eigenvalue weighted by Crippen LogP contribution is -2.45. The minimum Gasteiger partial charge on any atom is -0.354 e. The molecule has 0 aliphatic carbocycles. The van der Waals surface area contributed by atoms with Gasteiger partial charge in [-0.1, -0.05) is 6.92 Å². The molecule has 0 bridgehead atoms. The smallest absolute Gasteiger partial charge is 0.223 e. The van der Waals surface area contributed by atoms with E-state index in [0.717, 1.165) is 26.1 Å². The van der Waals surface area contributed by atoms with Gasteiger partial charge in [0.1, 0.15) is 0 Å². The first kappa shape index (κ1) is 16.7. The number of sulfonamides is 1. The Morgan fingerprint density at radius 2 is 1.86 bits per heavy atom. The fourth-order valence-electron chi connectivity index (χ4n) is 3.35. The third-order valence-corrected chi connectivity index (χ3v) is 6.01. The number of likely N-dealkylation sites (tertiary alicyclic amines) is 1. The molecule has 122 valence electrons. The highest BCUT2D eigenvalue weighted by atomic mass is 32.2. The zero-order valence-corrected chi connectivity index (χ0v) is 13.9. The van der Waals surface area contributed by atoms with Gasteiger partial charge in [-0.25, -0.2) is 12.7 Å². The zero-order valence-electron chi connectivity index (χ0n) is 13.0. The van der Waals surface area contributed by atoms with E-state index in [1.165, 1.54) is 17.0 Å². The number of piperidine rings is 1. The number of amides is 1. The Bertz CT molecular complexity index is 458. The average Bonchev–Trinajstić information content (AvgIpc) is 2.91. The van der Waals surface area contributed by atoms with Crippen LogP contribution >= 0.6 is 0 Å². The van der Waals surface area contributed by atoms with Gasteiger partial charge in [0.05, 0.1) is 6.26 Å². The van der Waals surface area contributed by atoms with Crippen LogP contribution in [0.2, 0.25) is 0 Å². The van der Waals surface area contributed by atoms with Crippen molar-refractivity contribution in [2.75, 3.05) is 39.0 Å². The number of carbonyl (C=O) groups excluding carboxylic acids is 1. The molecule has 1 atom stereocenters. The molecule has 0 radical (unpaired) electrons. The topological polar surface area (TPSA) is 69.7 Å².